The van der Waals surface area contributed by atoms with Crippen LogP contribution in [0.25, 0.3) is 5.69 Å². The van der Waals surface area contributed by atoms with E-state index in [-0.39, 0.29) is 36.2 Å². The highest BCUT2D eigenvalue weighted by Gasteiger charge is 2.29. The highest BCUT2D eigenvalue weighted by Crippen LogP contribution is 2.26. The number of fused-ring (bicyclic) bond motifs is 3. The zero-order valence-corrected chi connectivity index (χ0v) is 18.0. The summed E-state index contributed by atoms with van der Waals surface area (Å²) >= 11 is 0. The number of rotatable bonds is 8. The minimum absolute atomic E-state index is 0.0930. The Hall–Kier alpha value is -4.02. The van der Waals surface area contributed by atoms with Crippen molar-refractivity contribution in [2.24, 2.45) is 0 Å². The lowest BCUT2D eigenvalue weighted by atomic mass is 10.1. The van der Waals surface area contributed by atoms with E-state index >= 15 is 0 Å². The van der Waals surface area contributed by atoms with Crippen LogP contribution >= 0.6 is 0 Å². The van der Waals surface area contributed by atoms with Gasteiger partial charge in [0.15, 0.2) is 5.69 Å². The second kappa shape index (κ2) is 9.63. The van der Waals surface area contributed by atoms with Crippen molar-refractivity contribution in [3.05, 3.63) is 65.5 Å². The average molecular weight is 454 g/mol. The Bertz CT molecular complexity index is 1170. The zero-order valence-electron chi connectivity index (χ0n) is 18.0. The largest absolute Gasteiger partial charge is 0.461 e. The molecule has 11 heteroatoms. The summed E-state index contributed by atoms with van der Waals surface area (Å²) in [6, 6.07) is 3.91. The Labute approximate surface area is 188 Å². The lowest BCUT2D eigenvalue weighted by molar-refractivity contribution is -0.121. The maximum Gasteiger partial charge on any atom is 0.358 e. The van der Waals surface area contributed by atoms with Crippen LogP contribution in [-0.4, -0.2) is 62.4 Å². The van der Waals surface area contributed by atoms with Crippen LogP contribution in [0.4, 0.5) is 4.39 Å². The van der Waals surface area contributed by atoms with Crippen LogP contribution < -0.4 is 5.32 Å². The molecule has 0 aliphatic carbocycles. The number of esters is 1. The quantitative estimate of drug-likeness (QED) is 0.394. The topological polar surface area (TPSA) is 122 Å². The predicted molar refractivity (Wildman–Crippen MR) is 114 cm³/mol. The van der Waals surface area contributed by atoms with Crippen molar-refractivity contribution in [3.63, 3.8) is 0 Å². The summed E-state index contributed by atoms with van der Waals surface area (Å²) in [6.45, 7) is 0.584. The van der Waals surface area contributed by atoms with Gasteiger partial charge in [-0.25, -0.2) is 19.2 Å². The fraction of sp³-hybridized carbons (Fsp3) is 0.318. The Balaban J connectivity index is 1.32. The van der Waals surface area contributed by atoms with Gasteiger partial charge in [0.05, 0.1) is 36.4 Å². The molecule has 3 heterocycles. The summed E-state index contributed by atoms with van der Waals surface area (Å²) in [5, 5.41) is 2.78. The third-order valence-corrected chi connectivity index (χ3v) is 5.29. The van der Waals surface area contributed by atoms with Crippen molar-refractivity contribution in [1.82, 2.24) is 29.7 Å². The molecule has 1 aromatic carbocycles. The molecular weight excluding hydrogens is 431 g/mol. The molecule has 2 N–H and O–H groups in total. The van der Waals surface area contributed by atoms with Gasteiger partial charge in [-0.2, -0.15) is 0 Å². The van der Waals surface area contributed by atoms with E-state index in [2.05, 4.69) is 20.3 Å². The van der Waals surface area contributed by atoms with Crippen molar-refractivity contribution in [2.45, 2.75) is 25.8 Å². The van der Waals surface area contributed by atoms with E-state index in [0.29, 0.717) is 37.2 Å². The van der Waals surface area contributed by atoms with Crippen LogP contribution in [0.5, 0.6) is 0 Å². The van der Waals surface area contributed by atoms with Crippen molar-refractivity contribution in [1.29, 1.82) is 0 Å². The number of hydrogen-bond acceptors (Lipinski definition) is 6. The van der Waals surface area contributed by atoms with E-state index < -0.39 is 11.8 Å². The summed E-state index contributed by atoms with van der Waals surface area (Å²) < 4.78 is 20.6. The number of H-pyrrole nitrogens is 1. The highest BCUT2D eigenvalue weighted by molar-refractivity contribution is 5.99. The molecule has 0 radical (unpaired) electrons. The number of amides is 2. The Kier molecular flexibility index (Phi) is 6.48. The third-order valence-electron chi connectivity index (χ3n) is 5.29. The van der Waals surface area contributed by atoms with Gasteiger partial charge in [0.1, 0.15) is 12.1 Å². The van der Waals surface area contributed by atoms with Gasteiger partial charge in [-0.05, 0) is 31.0 Å². The number of ether oxygens (including phenoxy) is 1. The summed E-state index contributed by atoms with van der Waals surface area (Å²) in [5.74, 6) is -1.60. The molecule has 0 saturated carbocycles. The summed E-state index contributed by atoms with van der Waals surface area (Å²) in [6.07, 6.45) is 6.01. The first-order valence-corrected chi connectivity index (χ1v) is 10.5. The number of aryl methyl sites for hydroxylation is 1. The summed E-state index contributed by atoms with van der Waals surface area (Å²) in [5.41, 5.74) is 2.10. The van der Waals surface area contributed by atoms with Crippen LogP contribution in [0.15, 0.2) is 37.1 Å². The number of carbonyl (C=O) groups is 3. The third kappa shape index (κ3) is 4.92. The number of nitrogens with zero attached hydrogens (tertiary/aromatic N) is 4. The second-order valence-electron chi connectivity index (χ2n) is 7.65. The molecule has 2 aromatic heterocycles. The Morgan fingerprint density at radius 1 is 1.33 bits per heavy atom. The molecule has 3 aromatic rings. The van der Waals surface area contributed by atoms with E-state index in [4.69, 9.17) is 4.74 Å². The number of imidazole rings is 2. The first kappa shape index (κ1) is 22.2. The van der Waals surface area contributed by atoms with Crippen molar-refractivity contribution in [3.8, 4) is 5.69 Å². The maximum absolute atomic E-state index is 13.7. The SMILES string of the molecule is CN1Cc2c(C(=O)OCCCNC(=O)CCc3cnc[nH]3)ncn2-c2ccc(F)cc2C1=O. The lowest BCUT2D eigenvalue weighted by Gasteiger charge is -2.14. The molecule has 0 spiro atoms. The molecular formula is C22H23FN6O4. The minimum Gasteiger partial charge on any atom is -0.461 e. The van der Waals surface area contributed by atoms with Crippen LogP contribution in [0.1, 0.15) is 45.1 Å². The van der Waals surface area contributed by atoms with Gasteiger partial charge in [0.2, 0.25) is 5.91 Å². The average Bonchev–Trinajstić information content (AvgIpc) is 3.45. The second-order valence-corrected chi connectivity index (χ2v) is 7.65. The zero-order chi connectivity index (χ0) is 23.4. The number of nitrogens with one attached hydrogen (secondary N) is 2. The van der Waals surface area contributed by atoms with Gasteiger partial charge in [-0.1, -0.05) is 0 Å². The summed E-state index contributed by atoms with van der Waals surface area (Å²) in [7, 11) is 1.57. The van der Waals surface area contributed by atoms with Gasteiger partial charge in [0.25, 0.3) is 5.91 Å². The fourth-order valence-corrected chi connectivity index (χ4v) is 3.59. The van der Waals surface area contributed by atoms with Crippen LogP contribution in [0.3, 0.4) is 0 Å². The molecule has 0 atom stereocenters. The first-order valence-electron chi connectivity index (χ1n) is 10.5. The number of benzene rings is 1. The predicted octanol–water partition coefficient (Wildman–Crippen LogP) is 1.62. The molecule has 33 heavy (non-hydrogen) atoms. The van der Waals surface area contributed by atoms with Crippen molar-refractivity contribution in [2.75, 3.05) is 20.2 Å². The van der Waals surface area contributed by atoms with Gasteiger partial charge >= 0.3 is 5.97 Å². The molecule has 0 unspecified atom stereocenters. The molecule has 1 aliphatic rings. The normalized spacial score (nSPS) is 12.7. The molecule has 10 nitrogen and oxygen atoms in total. The van der Waals surface area contributed by atoms with Crippen LogP contribution in [0, 0.1) is 5.82 Å². The number of aromatic amines is 1. The molecule has 1 aliphatic heterocycles. The summed E-state index contributed by atoms with van der Waals surface area (Å²) in [4.78, 5) is 49.5. The first-order chi connectivity index (χ1) is 15.9. The highest BCUT2D eigenvalue weighted by atomic mass is 19.1. The maximum atomic E-state index is 13.7. The number of carbonyl (C=O) groups excluding carboxylic acids is 3. The Morgan fingerprint density at radius 3 is 2.97 bits per heavy atom. The van der Waals surface area contributed by atoms with Crippen LogP contribution in [-0.2, 0) is 22.5 Å². The Morgan fingerprint density at radius 2 is 2.18 bits per heavy atom. The monoisotopic (exact) mass is 454 g/mol. The molecule has 172 valence electrons. The van der Waals surface area contributed by atoms with E-state index in [1.165, 1.54) is 29.4 Å². The van der Waals surface area contributed by atoms with Gasteiger partial charge in [0, 0.05) is 31.9 Å². The minimum atomic E-state index is -0.624. The molecule has 2 amide bonds. The van der Waals surface area contributed by atoms with Crippen molar-refractivity contribution < 1.29 is 23.5 Å². The standard InChI is InChI=1S/C22H23FN6O4/c1-28-11-18-20(27-13-29(18)17-5-3-14(23)9-16(17)21(28)31)22(32)33-8-2-7-25-19(30)6-4-15-10-24-12-26-15/h3,5,9-10,12-13H,2,4,6-8,11H2,1H3,(H,24,26)(H,25,30). The molecule has 0 fully saturated rings. The van der Waals surface area contributed by atoms with Crippen LogP contribution in [0.2, 0.25) is 0 Å². The number of aromatic nitrogens is 4. The van der Waals surface area contributed by atoms with Gasteiger partial charge in [-0.15, -0.1) is 0 Å². The molecule has 4 rings (SSSR count). The smallest absolute Gasteiger partial charge is 0.358 e. The van der Waals surface area contributed by atoms with E-state index in [0.717, 1.165) is 5.69 Å². The van der Waals surface area contributed by atoms with E-state index in [1.54, 1.807) is 24.1 Å². The van der Waals surface area contributed by atoms with Crippen molar-refractivity contribution >= 4 is 17.8 Å². The number of halogens is 1. The molecule has 0 bridgehead atoms. The lowest BCUT2D eigenvalue weighted by Crippen LogP contribution is -2.26. The molecule has 0 saturated heterocycles. The van der Waals surface area contributed by atoms with E-state index in [9.17, 15) is 18.8 Å². The van der Waals surface area contributed by atoms with Gasteiger partial charge < -0.3 is 19.9 Å². The van der Waals surface area contributed by atoms with E-state index in [1.807, 2.05) is 0 Å². The fourth-order valence-electron chi connectivity index (χ4n) is 3.59. The number of hydrogen-bond donors (Lipinski definition) is 2. The van der Waals surface area contributed by atoms with Gasteiger partial charge in [-0.3, -0.25) is 14.2 Å².